The maximum atomic E-state index is 14.1. The summed E-state index contributed by atoms with van der Waals surface area (Å²) >= 11 is 0. The third-order valence-corrected chi connectivity index (χ3v) is 8.55. The van der Waals surface area contributed by atoms with Gasteiger partial charge < -0.3 is 9.47 Å². The lowest BCUT2D eigenvalue weighted by molar-refractivity contribution is 0.0361. The average Bonchev–Trinajstić information content (AvgIpc) is 2.95. The highest BCUT2D eigenvalue weighted by atomic mass is 32.2. The molecule has 0 saturated carbocycles. The number of benzene rings is 4. The third-order valence-electron chi connectivity index (χ3n) is 6.64. The van der Waals surface area contributed by atoms with Crippen LogP contribution in [0.4, 0.5) is 0 Å². The molecule has 0 radical (unpaired) electrons. The normalized spacial score (nSPS) is 14.7. The Kier molecular flexibility index (Phi) is 8.16. The second-order valence-electron chi connectivity index (χ2n) is 9.19. The Balaban J connectivity index is 1.40. The van der Waals surface area contributed by atoms with Crippen molar-refractivity contribution in [2.75, 3.05) is 39.4 Å². The van der Waals surface area contributed by atoms with Crippen LogP contribution in [0.3, 0.4) is 0 Å². The molecule has 1 heterocycles. The Labute approximate surface area is 219 Å². The summed E-state index contributed by atoms with van der Waals surface area (Å²) in [4.78, 5) is 2.60. The summed E-state index contributed by atoms with van der Waals surface area (Å²) in [7, 11) is -3.76. The SMILES string of the molecule is O=S(=O)(c1cccc2ccccc12)N(CCN1CCOCC1)Cc1cccc(OCc2ccccc2)c1. The van der Waals surface area contributed by atoms with Crippen molar-refractivity contribution in [3.05, 3.63) is 108 Å². The number of fused-ring (bicyclic) bond motifs is 1. The van der Waals surface area contributed by atoms with Gasteiger partial charge in [0.2, 0.25) is 10.0 Å². The Hall–Kier alpha value is -3.23. The van der Waals surface area contributed by atoms with Gasteiger partial charge in [-0.25, -0.2) is 8.42 Å². The van der Waals surface area contributed by atoms with Gasteiger partial charge in [0.25, 0.3) is 0 Å². The van der Waals surface area contributed by atoms with E-state index in [2.05, 4.69) is 4.90 Å². The van der Waals surface area contributed by atoms with Crippen LogP contribution >= 0.6 is 0 Å². The smallest absolute Gasteiger partial charge is 0.244 e. The minimum Gasteiger partial charge on any atom is -0.489 e. The van der Waals surface area contributed by atoms with Gasteiger partial charge in [0.15, 0.2) is 0 Å². The van der Waals surface area contributed by atoms with Gasteiger partial charge in [0.05, 0.1) is 18.1 Å². The molecule has 1 fully saturated rings. The number of hydrogen-bond acceptors (Lipinski definition) is 5. The molecular formula is C30H32N2O4S. The van der Waals surface area contributed by atoms with Gasteiger partial charge in [0, 0.05) is 38.1 Å². The minimum atomic E-state index is -3.76. The van der Waals surface area contributed by atoms with Crippen LogP contribution in [-0.4, -0.2) is 57.0 Å². The van der Waals surface area contributed by atoms with E-state index in [4.69, 9.17) is 9.47 Å². The summed E-state index contributed by atoms with van der Waals surface area (Å²) in [6.07, 6.45) is 0. The van der Waals surface area contributed by atoms with E-state index in [1.54, 1.807) is 10.4 Å². The molecule has 1 aliphatic heterocycles. The van der Waals surface area contributed by atoms with E-state index in [9.17, 15) is 8.42 Å². The Bertz CT molecular complexity index is 1410. The molecule has 0 N–H and O–H groups in total. The molecule has 0 unspecified atom stereocenters. The fourth-order valence-corrected chi connectivity index (χ4v) is 6.23. The topological polar surface area (TPSA) is 59.1 Å². The standard InChI is InChI=1S/C30H32N2O4S/c33-37(34,30-15-7-12-27-11-4-5-14-29(27)30)32(17-16-31-18-20-35-21-19-31)23-26-10-6-13-28(22-26)36-24-25-8-2-1-3-9-25/h1-15,22H,16-21,23-24H2. The van der Waals surface area contributed by atoms with Crippen molar-refractivity contribution in [2.45, 2.75) is 18.0 Å². The molecule has 5 rings (SSSR count). The monoisotopic (exact) mass is 516 g/mol. The second-order valence-corrected chi connectivity index (χ2v) is 11.1. The lowest BCUT2D eigenvalue weighted by atomic mass is 10.1. The van der Waals surface area contributed by atoms with Gasteiger partial charge in [-0.1, -0.05) is 78.9 Å². The number of sulfonamides is 1. The van der Waals surface area contributed by atoms with E-state index in [0.717, 1.165) is 40.7 Å². The van der Waals surface area contributed by atoms with Crippen LogP contribution in [0.25, 0.3) is 10.8 Å². The third kappa shape index (κ3) is 6.37. The number of nitrogens with zero attached hydrogens (tertiary/aromatic N) is 2. The molecule has 0 amide bonds. The zero-order valence-corrected chi connectivity index (χ0v) is 21.6. The van der Waals surface area contributed by atoms with Crippen LogP contribution in [0.1, 0.15) is 11.1 Å². The second kappa shape index (κ2) is 11.9. The van der Waals surface area contributed by atoms with Crippen LogP contribution in [0.15, 0.2) is 102 Å². The first-order valence-corrected chi connectivity index (χ1v) is 14.1. The van der Waals surface area contributed by atoms with Gasteiger partial charge in [-0.15, -0.1) is 0 Å². The molecule has 0 spiro atoms. The molecule has 0 aliphatic carbocycles. The summed E-state index contributed by atoms with van der Waals surface area (Å²) in [5.74, 6) is 0.719. The molecule has 6 nitrogen and oxygen atoms in total. The molecule has 4 aromatic carbocycles. The summed E-state index contributed by atoms with van der Waals surface area (Å²) in [6, 6.07) is 30.8. The maximum absolute atomic E-state index is 14.1. The molecule has 4 aromatic rings. The summed E-state index contributed by atoms with van der Waals surface area (Å²) in [5, 5.41) is 1.65. The summed E-state index contributed by atoms with van der Waals surface area (Å²) in [5.41, 5.74) is 1.97. The fraction of sp³-hybridized carbons (Fsp3) is 0.267. The van der Waals surface area contributed by atoms with E-state index in [0.29, 0.717) is 37.8 Å². The highest BCUT2D eigenvalue weighted by Crippen LogP contribution is 2.27. The van der Waals surface area contributed by atoms with Crippen LogP contribution in [0.2, 0.25) is 0 Å². The van der Waals surface area contributed by atoms with Crippen molar-refractivity contribution in [3.8, 4) is 5.75 Å². The molecule has 1 aliphatic rings. The largest absolute Gasteiger partial charge is 0.489 e. The van der Waals surface area contributed by atoms with Crippen molar-refractivity contribution >= 4 is 20.8 Å². The van der Waals surface area contributed by atoms with E-state index in [1.807, 2.05) is 91.0 Å². The highest BCUT2D eigenvalue weighted by molar-refractivity contribution is 7.89. The van der Waals surface area contributed by atoms with Crippen LogP contribution in [-0.2, 0) is 27.9 Å². The highest BCUT2D eigenvalue weighted by Gasteiger charge is 2.27. The fourth-order valence-electron chi connectivity index (χ4n) is 4.60. The van der Waals surface area contributed by atoms with Crippen molar-refractivity contribution in [3.63, 3.8) is 0 Å². The lowest BCUT2D eigenvalue weighted by Crippen LogP contribution is -2.42. The van der Waals surface area contributed by atoms with Crippen molar-refractivity contribution < 1.29 is 17.9 Å². The zero-order chi connectivity index (χ0) is 25.5. The first-order valence-electron chi connectivity index (χ1n) is 12.6. The van der Waals surface area contributed by atoms with Gasteiger partial charge in [-0.3, -0.25) is 4.90 Å². The average molecular weight is 517 g/mol. The van der Waals surface area contributed by atoms with E-state index in [1.165, 1.54) is 0 Å². The molecule has 0 aromatic heterocycles. The van der Waals surface area contributed by atoms with Gasteiger partial charge in [-0.2, -0.15) is 4.31 Å². The van der Waals surface area contributed by atoms with E-state index >= 15 is 0 Å². The van der Waals surface area contributed by atoms with Crippen molar-refractivity contribution in [1.82, 2.24) is 9.21 Å². The number of morpholine rings is 1. The van der Waals surface area contributed by atoms with Crippen LogP contribution < -0.4 is 4.74 Å². The number of hydrogen-bond donors (Lipinski definition) is 0. The molecule has 1 saturated heterocycles. The molecular weight excluding hydrogens is 484 g/mol. The van der Waals surface area contributed by atoms with Crippen molar-refractivity contribution in [1.29, 1.82) is 0 Å². The number of ether oxygens (including phenoxy) is 2. The predicted octanol–water partition coefficient (Wildman–Crippen LogP) is 4.94. The van der Waals surface area contributed by atoms with Crippen molar-refractivity contribution in [2.24, 2.45) is 0 Å². The van der Waals surface area contributed by atoms with Crippen LogP contribution in [0.5, 0.6) is 5.75 Å². The minimum absolute atomic E-state index is 0.262. The number of rotatable bonds is 10. The van der Waals surface area contributed by atoms with Gasteiger partial charge in [-0.05, 0) is 34.7 Å². The van der Waals surface area contributed by atoms with Gasteiger partial charge in [0.1, 0.15) is 12.4 Å². The first kappa shape index (κ1) is 25.4. The predicted molar refractivity (Wildman–Crippen MR) is 146 cm³/mol. The maximum Gasteiger partial charge on any atom is 0.244 e. The first-order chi connectivity index (χ1) is 18.1. The quantitative estimate of drug-likeness (QED) is 0.299. The molecule has 0 atom stereocenters. The molecule has 7 heteroatoms. The van der Waals surface area contributed by atoms with Gasteiger partial charge >= 0.3 is 0 Å². The Morgan fingerprint density at radius 3 is 2.35 bits per heavy atom. The van der Waals surface area contributed by atoms with Crippen LogP contribution in [0, 0.1) is 0 Å². The lowest BCUT2D eigenvalue weighted by Gasteiger charge is -2.30. The Morgan fingerprint density at radius 2 is 1.51 bits per heavy atom. The zero-order valence-electron chi connectivity index (χ0n) is 20.8. The van der Waals surface area contributed by atoms with E-state index < -0.39 is 10.0 Å². The summed E-state index contributed by atoms with van der Waals surface area (Å²) < 4.78 is 41.2. The summed E-state index contributed by atoms with van der Waals surface area (Å²) in [6.45, 7) is 4.74. The molecule has 0 bridgehead atoms. The van der Waals surface area contributed by atoms with E-state index in [-0.39, 0.29) is 6.54 Å². The molecule has 192 valence electrons. The Morgan fingerprint density at radius 1 is 0.811 bits per heavy atom. The molecule has 37 heavy (non-hydrogen) atoms.